The van der Waals surface area contributed by atoms with Gasteiger partial charge in [-0.1, -0.05) is 20.4 Å². The van der Waals surface area contributed by atoms with E-state index in [-0.39, 0.29) is 5.91 Å². The Labute approximate surface area is 74.2 Å². The van der Waals surface area contributed by atoms with Crippen molar-refractivity contribution < 1.29 is 4.79 Å². The maximum absolute atomic E-state index is 11.4. The van der Waals surface area contributed by atoms with Crippen molar-refractivity contribution in [1.82, 2.24) is 4.90 Å². The molecule has 0 bridgehead atoms. The Hall–Kier alpha value is -0.790. The molecule has 1 unspecified atom stereocenters. The monoisotopic (exact) mass is 167 g/mol. The number of allylic oxidation sites excluding steroid dienone is 1. The van der Waals surface area contributed by atoms with Crippen molar-refractivity contribution in [2.24, 2.45) is 5.92 Å². The van der Waals surface area contributed by atoms with Gasteiger partial charge in [-0.25, -0.2) is 0 Å². The Bertz CT molecular complexity index is 192. The van der Waals surface area contributed by atoms with E-state index in [0.717, 1.165) is 12.1 Å². The smallest absolute Gasteiger partial charge is 0.227 e. The molecule has 0 N–H and O–H groups in total. The molecule has 1 aliphatic rings. The van der Waals surface area contributed by atoms with Crippen molar-refractivity contribution in [3.63, 3.8) is 0 Å². The summed E-state index contributed by atoms with van der Waals surface area (Å²) in [7, 11) is 0. The van der Waals surface area contributed by atoms with Gasteiger partial charge in [-0.15, -0.1) is 0 Å². The van der Waals surface area contributed by atoms with Crippen LogP contribution in [0, 0.1) is 5.92 Å². The fraction of sp³-hybridized carbons (Fsp3) is 0.700. The first-order chi connectivity index (χ1) is 5.54. The van der Waals surface area contributed by atoms with E-state index in [1.54, 1.807) is 0 Å². The van der Waals surface area contributed by atoms with Crippen LogP contribution >= 0.6 is 0 Å². The summed E-state index contributed by atoms with van der Waals surface area (Å²) in [6.45, 7) is 10.2. The van der Waals surface area contributed by atoms with Crippen LogP contribution in [0.1, 0.15) is 33.6 Å². The van der Waals surface area contributed by atoms with Gasteiger partial charge < -0.3 is 4.90 Å². The van der Waals surface area contributed by atoms with Crippen molar-refractivity contribution in [1.29, 1.82) is 0 Å². The summed E-state index contributed by atoms with van der Waals surface area (Å²) in [6.07, 6.45) is 1.49. The molecule has 68 valence electrons. The molecule has 1 saturated heterocycles. The number of amides is 1. The van der Waals surface area contributed by atoms with Crippen molar-refractivity contribution >= 4 is 5.91 Å². The first kappa shape index (κ1) is 9.30. The van der Waals surface area contributed by atoms with E-state index < -0.39 is 0 Å². The molecule has 0 aromatic heterocycles. The molecule has 2 nitrogen and oxygen atoms in total. The third kappa shape index (κ3) is 1.52. The third-order valence-electron chi connectivity index (χ3n) is 2.61. The minimum absolute atomic E-state index is 0.237. The number of carbonyl (C=O) groups excluding carboxylic acids is 1. The standard InChI is InChI=1S/C10H17NO/c1-7(2)9(4)11-8(3)5-6-10(11)12/h7,9H,3,5-6H2,1-2,4H3. The lowest BCUT2D eigenvalue weighted by molar-refractivity contribution is -0.128. The maximum atomic E-state index is 11.4. The van der Waals surface area contributed by atoms with Crippen LogP contribution in [0.5, 0.6) is 0 Å². The Kier molecular flexibility index (Phi) is 2.55. The predicted molar refractivity (Wildman–Crippen MR) is 49.5 cm³/mol. The van der Waals surface area contributed by atoms with Crippen LogP contribution in [0.15, 0.2) is 12.3 Å². The van der Waals surface area contributed by atoms with Crippen LogP contribution in [-0.4, -0.2) is 16.8 Å². The number of likely N-dealkylation sites (tertiary alicyclic amines) is 1. The molecular weight excluding hydrogens is 150 g/mol. The summed E-state index contributed by atoms with van der Waals surface area (Å²) in [5.74, 6) is 0.741. The predicted octanol–water partition coefficient (Wildman–Crippen LogP) is 2.17. The van der Waals surface area contributed by atoms with Gasteiger partial charge in [-0.3, -0.25) is 4.79 Å². The molecule has 0 spiro atoms. The molecule has 0 radical (unpaired) electrons. The highest BCUT2D eigenvalue weighted by molar-refractivity contribution is 5.81. The SMILES string of the molecule is C=C1CCC(=O)N1C(C)C(C)C. The molecular formula is C10H17NO. The molecule has 12 heavy (non-hydrogen) atoms. The second kappa shape index (κ2) is 3.30. The summed E-state index contributed by atoms with van der Waals surface area (Å²) >= 11 is 0. The van der Waals surface area contributed by atoms with Gasteiger partial charge in [0.25, 0.3) is 0 Å². The molecule has 1 aliphatic heterocycles. The average molecular weight is 167 g/mol. The van der Waals surface area contributed by atoms with Crippen LogP contribution in [-0.2, 0) is 4.79 Å². The molecule has 0 aromatic rings. The second-order valence-corrected chi connectivity index (χ2v) is 3.81. The summed E-state index contributed by atoms with van der Waals surface area (Å²) in [6, 6.07) is 0.299. The minimum atomic E-state index is 0.237. The van der Waals surface area contributed by atoms with Gasteiger partial charge in [-0.2, -0.15) is 0 Å². The molecule has 1 rings (SSSR count). The van der Waals surface area contributed by atoms with Crippen LogP contribution in [0.3, 0.4) is 0 Å². The Balaban J connectivity index is 2.72. The van der Waals surface area contributed by atoms with Crippen molar-refractivity contribution in [2.45, 2.75) is 39.7 Å². The maximum Gasteiger partial charge on any atom is 0.227 e. The van der Waals surface area contributed by atoms with Gasteiger partial charge in [0, 0.05) is 18.2 Å². The van der Waals surface area contributed by atoms with Gasteiger partial charge in [0.2, 0.25) is 5.91 Å². The lowest BCUT2D eigenvalue weighted by Gasteiger charge is -2.28. The number of rotatable bonds is 2. The quantitative estimate of drug-likeness (QED) is 0.617. The molecule has 0 aliphatic carbocycles. The number of hydrogen-bond donors (Lipinski definition) is 0. The number of hydrogen-bond acceptors (Lipinski definition) is 1. The highest BCUT2D eigenvalue weighted by Crippen LogP contribution is 2.25. The molecule has 1 fully saturated rings. The second-order valence-electron chi connectivity index (χ2n) is 3.81. The summed E-state index contributed by atoms with van der Waals surface area (Å²) in [5.41, 5.74) is 0.987. The zero-order valence-electron chi connectivity index (χ0n) is 8.13. The third-order valence-corrected chi connectivity index (χ3v) is 2.61. The van der Waals surface area contributed by atoms with E-state index in [9.17, 15) is 4.79 Å². The van der Waals surface area contributed by atoms with E-state index in [4.69, 9.17) is 0 Å². The van der Waals surface area contributed by atoms with Crippen LogP contribution in [0.25, 0.3) is 0 Å². The molecule has 1 amide bonds. The summed E-state index contributed by atoms with van der Waals surface area (Å²) in [5, 5.41) is 0. The number of nitrogens with zero attached hydrogens (tertiary/aromatic N) is 1. The highest BCUT2D eigenvalue weighted by Gasteiger charge is 2.29. The Morgan fingerprint density at radius 3 is 2.25 bits per heavy atom. The van der Waals surface area contributed by atoms with Crippen LogP contribution < -0.4 is 0 Å². The van der Waals surface area contributed by atoms with E-state index in [0.29, 0.717) is 18.4 Å². The van der Waals surface area contributed by atoms with E-state index in [1.807, 2.05) is 4.90 Å². The van der Waals surface area contributed by atoms with Gasteiger partial charge in [0.15, 0.2) is 0 Å². The van der Waals surface area contributed by atoms with Crippen LogP contribution in [0.4, 0.5) is 0 Å². The first-order valence-corrected chi connectivity index (χ1v) is 4.54. The van der Waals surface area contributed by atoms with Crippen molar-refractivity contribution in [3.8, 4) is 0 Å². The van der Waals surface area contributed by atoms with E-state index in [2.05, 4.69) is 27.4 Å². The lowest BCUT2D eigenvalue weighted by atomic mass is 10.1. The normalized spacial score (nSPS) is 20.8. The largest absolute Gasteiger partial charge is 0.314 e. The minimum Gasteiger partial charge on any atom is -0.314 e. The molecule has 1 heterocycles. The lowest BCUT2D eigenvalue weighted by Crippen LogP contribution is -2.36. The first-order valence-electron chi connectivity index (χ1n) is 4.54. The molecule has 0 saturated carbocycles. The van der Waals surface area contributed by atoms with Crippen molar-refractivity contribution in [2.75, 3.05) is 0 Å². The Morgan fingerprint density at radius 2 is 1.92 bits per heavy atom. The van der Waals surface area contributed by atoms with Gasteiger partial charge >= 0.3 is 0 Å². The summed E-state index contributed by atoms with van der Waals surface area (Å²) < 4.78 is 0. The zero-order valence-corrected chi connectivity index (χ0v) is 8.13. The fourth-order valence-electron chi connectivity index (χ4n) is 1.48. The number of carbonyl (C=O) groups is 1. The van der Waals surface area contributed by atoms with Gasteiger partial charge in [0.1, 0.15) is 0 Å². The van der Waals surface area contributed by atoms with Gasteiger partial charge in [-0.05, 0) is 19.3 Å². The van der Waals surface area contributed by atoms with Crippen molar-refractivity contribution in [3.05, 3.63) is 12.3 Å². The Morgan fingerprint density at radius 1 is 1.33 bits per heavy atom. The van der Waals surface area contributed by atoms with Crippen LogP contribution in [0.2, 0.25) is 0 Å². The molecule has 0 aromatic carbocycles. The fourth-order valence-corrected chi connectivity index (χ4v) is 1.48. The highest BCUT2D eigenvalue weighted by atomic mass is 16.2. The summed E-state index contributed by atoms with van der Waals surface area (Å²) in [4.78, 5) is 13.2. The molecule has 1 atom stereocenters. The average Bonchev–Trinajstić information content (AvgIpc) is 2.30. The van der Waals surface area contributed by atoms with Gasteiger partial charge in [0.05, 0.1) is 0 Å². The van der Waals surface area contributed by atoms with E-state index >= 15 is 0 Å². The topological polar surface area (TPSA) is 20.3 Å². The van der Waals surface area contributed by atoms with E-state index in [1.165, 1.54) is 0 Å². The zero-order chi connectivity index (χ0) is 9.30. The molecule has 2 heteroatoms.